The fourth-order valence-corrected chi connectivity index (χ4v) is 4.05. The van der Waals surface area contributed by atoms with E-state index in [-0.39, 0.29) is 10.6 Å². The van der Waals surface area contributed by atoms with Gasteiger partial charge in [-0.15, -0.1) is 0 Å². The van der Waals surface area contributed by atoms with Crippen LogP contribution >= 0.6 is 0 Å². The van der Waals surface area contributed by atoms with Crippen molar-refractivity contribution in [2.75, 3.05) is 26.7 Å². The molecule has 2 rings (SSSR count). The number of sulfonamides is 1. The third kappa shape index (κ3) is 3.02. The third-order valence-electron chi connectivity index (χ3n) is 3.50. The van der Waals surface area contributed by atoms with Crippen LogP contribution in [0, 0.1) is 5.92 Å². The van der Waals surface area contributed by atoms with E-state index in [1.165, 1.54) is 16.6 Å². The lowest BCUT2D eigenvalue weighted by molar-refractivity contribution is 0.0691. The second kappa shape index (κ2) is 5.94. The molecule has 1 fully saturated rings. The zero-order valence-corrected chi connectivity index (χ0v) is 12.1. The molecule has 1 aliphatic rings. The van der Waals surface area contributed by atoms with Crippen molar-refractivity contribution in [1.29, 1.82) is 0 Å². The van der Waals surface area contributed by atoms with Gasteiger partial charge in [0.05, 0.1) is 0 Å². The molecule has 1 aromatic heterocycles. The molecule has 1 unspecified atom stereocenters. The number of nitrogens with zero attached hydrogens (tertiary/aromatic N) is 1. The molecule has 8 heteroatoms. The Kier molecular flexibility index (Phi) is 4.46. The number of aromatic amines is 1. The van der Waals surface area contributed by atoms with Crippen molar-refractivity contribution in [2.45, 2.75) is 17.7 Å². The predicted molar refractivity (Wildman–Crippen MR) is 73.2 cm³/mol. The number of nitrogens with one attached hydrogen (secondary N) is 2. The summed E-state index contributed by atoms with van der Waals surface area (Å²) < 4.78 is 26.4. The van der Waals surface area contributed by atoms with Crippen LogP contribution in [0.3, 0.4) is 0 Å². The van der Waals surface area contributed by atoms with Gasteiger partial charge in [0.1, 0.15) is 10.6 Å². The van der Waals surface area contributed by atoms with E-state index in [0.29, 0.717) is 19.0 Å². The van der Waals surface area contributed by atoms with Gasteiger partial charge >= 0.3 is 5.97 Å². The maximum atomic E-state index is 12.5. The maximum absolute atomic E-state index is 12.5. The van der Waals surface area contributed by atoms with Gasteiger partial charge in [-0.25, -0.2) is 13.2 Å². The normalized spacial score (nSPS) is 20.9. The highest BCUT2D eigenvalue weighted by Crippen LogP contribution is 2.23. The monoisotopic (exact) mass is 301 g/mol. The van der Waals surface area contributed by atoms with Crippen LogP contribution in [0.25, 0.3) is 0 Å². The molecule has 1 saturated heterocycles. The van der Waals surface area contributed by atoms with Gasteiger partial charge in [-0.1, -0.05) is 0 Å². The number of carboxylic acids is 1. The summed E-state index contributed by atoms with van der Waals surface area (Å²) in [5.74, 6) is -0.875. The van der Waals surface area contributed by atoms with Gasteiger partial charge in [0.2, 0.25) is 10.0 Å². The zero-order chi connectivity index (χ0) is 14.8. The Balaban J connectivity index is 2.18. The number of carboxylic acid groups (broad SMARTS) is 1. The summed E-state index contributed by atoms with van der Waals surface area (Å²) in [6.07, 6.45) is 3.06. The molecule has 0 radical (unpaired) electrons. The third-order valence-corrected chi connectivity index (χ3v) is 5.34. The van der Waals surface area contributed by atoms with Crippen LogP contribution < -0.4 is 5.32 Å². The van der Waals surface area contributed by atoms with Crippen molar-refractivity contribution in [3.05, 3.63) is 18.0 Å². The quantitative estimate of drug-likeness (QED) is 0.727. The molecule has 20 heavy (non-hydrogen) atoms. The summed E-state index contributed by atoms with van der Waals surface area (Å²) >= 11 is 0. The molecule has 112 valence electrons. The van der Waals surface area contributed by atoms with E-state index in [4.69, 9.17) is 5.11 Å². The SMILES string of the molecule is CNCC1CCCN(S(=O)(=O)c2c[nH]c(C(=O)O)c2)C1. The zero-order valence-electron chi connectivity index (χ0n) is 11.3. The van der Waals surface area contributed by atoms with E-state index in [1.54, 1.807) is 0 Å². The number of piperidine rings is 1. The van der Waals surface area contributed by atoms with E-state index in [0.717, 1.165) is 19.4 Å². The molecule has 1 atom stereocenters. The maximum Gasteiger partial charge on any atom is 0.352 e. The minimum atomic E-state index is -3.61. The highest BCUT2D eigenvalue weighted by Gasteiger charge is 2.31. The number of hydrogen-bond donors (Lipinski definition) is 3. The lowest BCUT2D eigenvalue weighted by Gasteiger charge is -2.31. The minimum Gasteiger partial charge on any atom is -0.477 e. The number of aromatic nitrogens is 1. The molecule has 0 amide bonds. The Bertz CT molecular complexity index is 579. The first-order valence-corrected chi connectivity index (χ1v) is 7.95. The number of rotatable bonds is 5. The van der Waals surface area contributed by atoms with Gasteiger partial charge in [-0.2, -0.15) is 4.31 Å². The van der Waals surface area contributed by atoms with Crippen molar-refractivity contribution in [2.24, 2.45) is 5.92 Å². The fraction of sp³-hybridized carbons (Fsp3) is 0.583. The molecule has 1 aromatic rings. The molecule has 0 spiro atoms. The number of H-pyrrole nitrogens is 1. The van der Waals surface area contributed by atoms with E-state index < -0.39 is 16.0 Å². The smallest absolute Gasteiger partial charge is 0.352 e. The van der Waals surface area contributed by atoms with Crippen molar-refractivity contribution in [3.8, 4) is 0 Å². The van der Waals surface area contributed by atoms with Gasteiger partial charge in [0, 0.05) is 19.3 Å². The van der Waals surface area contributed by atoms with Gasteiger partial charge in [0.25, 0.3) is 0 Å². The van der Waals surface area contributed by atoms with Gasteiger partial charge in [-0.05, 0) is 38.4 Å². The molecule has 0 bridgehead atoms. The van der Waals surface area contributed by atoms with E-state index in [1.807, 2.05) is 7.05 Å². The summed E-state index contributed by atoms with van der Waals surface area (Å²) in [6, 6.07) is 1.17. The average Bonchev–Trinajstić information content (AvgIpc) is 2.90. The van der Waals surface area contributed by atoms with Crippen LogP contribution in [0.2, 0.25) is 0 Å². The Morgan fingerprint density at radius 2 is 2.35 bits per heavy atom. The molecule has 7 nitrogen and oxygen atoms in total. The van der Waals surface area contributed by atoms with E-state index in [2.05, 4.69) is 10.3 Å². The van der Waals surface area contributed by atoms with Crippen LogP contribution in [0.4, 0.5) is 0 Å². The number of aromatic carboxylic acids is 1. The Labute approximate surface area is 118 Å². The van der Waals surface area contributed by atoms with E-state index >= 15 is 0 Å². The van der Waals surface area contributed by atoms with Crippen LogP contribution in [0.1, 0.15) is 23.3 Å². The highest BCUT2D eigenvalue weighted by molar-refractivity contribution is 7.89. The molecule has 3 N–H and O–H groups in total. The lowest BCUT2D eigenvalue weighted by Crippen LogP contribution is -2.42. The standard InChI is InChI=1S/C12H19N3O4S/c1-13-6-9-3-2-4-15(8-9)20(18,19)10-5-11(12(16)17)14-7-10/h5,7,9,13-14H,2-4,6,8H2,1H3,(H,16,17). The Hall–Kier alpha value is -1.38. The molecule has 0 aromatic carbocycles. The molecular formula is C12H19N3O4S. The summed E-state index contributed by atoms with van der Waals surface area (Å²) in [4.78, 5) is 13.3. The lowest BCUT2D eigenvalue weighted by atomic mass is 10.00. The second-order valence-electron chi connectivity index (χ2n) is 4.98. The van der Waals surface area contributed by atoms with E-state index in [9.17, 15) is 13.2 Å². The van der Waals surface area contributed by atoms with Gasteiger partial charge < -0.3 is 15.4 Å². The number of carbonyl (C=O) groups is 1. The first-order valence-electron chi connectivity index (χ1n) is 6.51. The molecule has 0 aliphatic carbocycles. The summed E-state index contributed by atoms with van der Waals surface area (Å²) in [7, 11) is -1.77. The van der Waals surface area contributed by atoms with Crippen molar-refractivity contribution in [1.82, 2.24) is 14.6 Å². The minimum absolute atomic E-state index is 0.0139. The van der Waals surface area contributed by atoms with Crippen molar-refractivity contribution < 1.29 is 18.3 Å². The topological polar surface area (TPSA) is 103 Å². The molecule has 2 heterocycles. The summed E-state index contributed by atoms with van der Waals surface area (Å²) in [6.45, 7) is 1.73. The Morgan fingerprint density at radius 3 is 2.95 bits per heavy atom. The van der Waals surface area contributed by atoms with Crippen LogP contribution in [-0.4, -0.2) is 55.5 Å². The van der Waals surface area contributed by atoms with Gasteiger partial charge in [0.15, 0.2) is 0 Å². The van der Waals surface area contributed by atoms with Crippen molar-refractivity contribution in [3.63, 3.8) is 0 Å². The Morgan fingerprint density at radius 1 is 1.60 bits per heavy atom. The molecule has 0 saturated carbocycles. The second-order valence-corrected chi connectivity index (χ2v) is 6.92. The fourth-order valence-electron chi connectivity index (χ4n) is 2.50. The molecule has 1 aliphatic heterocycles. The summed E-state index contributed by atoms with van der Waals surface area (Å²) in [5.41, 5.74) is -0.118. The first-order chi connectivity index (χ1) is 9.45. The van der Waals surface area contributed by atoms with Crippen molar-refractivity contribution >= 4 is 16.0 Å². The first kappa shape index (κ1) is 15.0. The number of hydrogen-bond acceptors (Lipinski definition) is 4. The van der Waals surface area contributed by atoms with Crippen LogP contribution in [0.5, 0.6) is 0 Å². The predicted octanol–water partition coefficient (Wildman–Crippen LogP) is 0.333. The van der Waals surface area contributed by atoms with Crippen LogP contribution in [0.15, 0.2) is 17.2 Å². The van der Waals surface area contributed by atoms with Crippen LogP contribution in [-0.2, 0) is 10.0 Å². The average molecular weight is 301 g/mol. The summed E-state index contributed by atoms with van der Waals surface area (Å²) in [5, 5.41) is 11.9. The van der Waals surface area contributed by atoms with Gasteiger partial charge in [-0.3, -0.25) is 0 Å². The molecular weight excluding hydrogens is 282 g/mol. The largest absolute Gasteiger partial charge is 0.477 e. The highest BCUT2D eigenvalue weighted by atomic mass is 32.2.